The molecule has 1 unspecified atom stereocenters. The number of hydrogen-bond donors (Lipinski definition) is 2. The Balaban J connectivity index is 2.60. The van der Waals surface area contributed by atoms with Gasteiger partial charge in [0.15, 0.2) is 0 Å². The molecule has 6 nitrogen and oxygen atoms in total. The molecule has 7 heteroatoms. The second-order valence-electron chi connectivity index (χ2n) is 3.63. The van der Waals surface area contributed by atoms with Gasteiger partial charge in [-0.15, -0.1) is 0 Å². The van der Waals surface area contributed by atoms with Crippen LogP contribution in [0.5, 0.6) is 0 Å². The maximum Gasteiger partial charge on any atom is 0.406 e. The Kier molecular flexibility index (Phi) is 5.50. The number of carbonyl (C=O) groups is 1. The summed E-state index contributed by atoms with van der Waals surface area (Å²) in [7, 11) is -2.40. The molecule has 2 atom stereocenters. The first-order valence-electron chi connectivity index (χ1n) is 5.31. The van der Waals surface area contributed by atoms with E-state index in [9.17, 15) is 9.36 Å². The van der Waals surface area contributed by atoms with Crippen LogP contribution in [0.4, 0.5) is 0 Å². The molecule has 1 aromatic rings. The van der Waals surface area contributed by atoms with E-state index >= 15 is 0 Å². The van der Waals surface area contributed by atoms with Crippen molar-refractivity contribution in [2.45, 2.75) is 19.6 Å². The molecule has 0 spiro atoms. The average Bonchev–Trinajstić information content (AvgIpc) is 2.37. The van der Waals surface area contributed by atoms with Crippen molar-refractivity contribution in [3.8, 4) is 0 Å². The van der Waals surface area contributed by atoms with Crippen LogP contribution < -0.4 is 5.09 Å². The highest BCUT2D eigenvalue weighted by molar-refractivity contribution is 7.51. The van der Waals surface area contributed by atoms with Gasteiger partial charge in [-0.25, -0.2) is 9.65 Å². The molecular weight excluding hydrogens is 257 g/mol. The topological polar surface area (TPSA) is 84.9 Å². The molecule has 0 heterocycles. The third-order valence-electron chi connectivity index (χ3n) is 2.21. The molecule has 1 rings (SSSR count). The molecule has 0 bridgehead atoms. The zero-order chi connectivity index (χ0) is 13.6. The lowest BCUT2D eigenvalue weighted by molar-refractivity contribution is -0.138. The third-order valence-corrected chi connectivity index (χ3v) is 3.86. The van der Waals surface area contributed by atoms with Crippen LogP contribution in [0.2, 0.25) is 0 Å². The summed E-state index contributed by atoms with van der Waals surface area (Å²) in [5.41, 5.74) is 0.819. The molecule has 0 saturated carbocycles. The Bertz CT molecular complexity index is 436. The van der Waals surface area contributed by atoms with Crippen molar-refractivity contribution in [2.24, 2.45) is 0 Å². The lowest BCUT2D eigenvalue weighted by Gasteiger charge is -2.19. The van der Waals surface area contributed by atoms with Crippen LogP contribution in [0, 0.1) is 0 Å². The van der Waals surface area contributed by atoms with Crippen molar-refractivity contribution in [3.63, 3.8) is 0 Å². The van der Waals surface area contributed by atoms with Gasteiger partial charge < -0.3 is 9.63 Å². The molecule has 0 radical (unpaired) electrons. The minimum Gasteiger partial charge on any atom is -0.480 e. The number of hydrogen-bond acceptors (Lipinski definition) is 4. The maximum atomic E-state index is 12.1. The monoisotopic (exact) mass is 273 g/mol. The summed E-state index contributed by atoms with van der Waals surface area (Å²) in [6.07, 6.45) is 0. The van der Waals surface area contributed by atoms with Crippen molar-refractivity contribution < 1.29 is 23.5 Å². The van der Waals surface area contributed by atoms with E-state index in [2.05, 4.69) is 5.09 Å². The minimum absolute atomic E-state index is 0.0747. The van der Waals surface area contributed by atoms with Gasteiger partial charge in [0.05, 0.1) is 6.61 Å². The quantitative estimate of drug-likeness (QED) is 0.739. The van der Waals surface area contributed by atoms with Crippen LogP contribution in [0.3, 0.4) is 0 Å². The van der Waals surface area contributed by atoms with Gasteiger partial charge in [0, 0.05) is 7.11 Å². The summed E-state index contributed by atoms with van der Waals surface area (Å²) in [6, 6.07) is 8.09. The Morgan fingerprint density at radius 1 is 1.44 bits per heavy atom. The summed E-state index contributed by atoms with van der Waals surface area (Å²) in [5.74, 6) is -1.13. The molecule has 2 N–H and O–H groups in total. The zero-order valence-corrected chi connectivity index (χ0v) is 11.1. The van der Waals surface area contributed by atoms with Crippen LogP contribution in [0.25, 0.3) is 0 Å². The van der Waals surface area contributed by atoms with Crippen LogP contribution in [0.1, 0.15) is 12.5 Å². The molecule has 0 amide bonds. The summed E-state index contributed by atoms with van der Waals surface area (Å²) in [6.45, 7) is 1.44. The molecule has 0 aliphatic carbocycles. The van der Waals surface area contributed by atoms with E-state index in [0.29, 0.717) is 0 Å². The SMILES string of the molecule is COP(=O)(N[C@@H](C)C(=O)O)OCc1ccccc1. The fourth-order valence-electron chi connectivity index (χ4n) is 1.17. The predicted molar refractivity (Wildman–Crippen MR) is 66.1 cm³/mol. The van der Waals surface area contributed by atoms with Gasteiger partial charge in [0.2, 0.25) is 0 Å². The number of carboxylic acids is 1. The van der Waals surface area contributed by atoms with E-state index in [1.165, 1.54) is 14.0 Å². The Labute approximate surface area is 106 Å². The number of rotatable bonds is 7. The van der Waals surface area contributed by atoms with Crippen molar-refractivity contribution in [1.29, 1.82) is 0 Å². The van der Waals surface area contributed by atoms with Crippen LogP contribution in [-0.4, -0.2) is 24.2 Å². The third kappa shape index (κ3) is 4.58. The Morgan fingerprint density at radius 3 is 2.56 bits per heavy atom. The van der Waals surface area contributed by atoms with Crippen molar-refractivity contribution in [3.05, 3.63) is 35.9 Å². The van der Waals surface area contributed by atoms with Gasteiger partial charge in [0.25, 0.3) is 0 Å². The van der Waals surface area contributed by atoms with Gasteiger partial charge in [-0.1, -0.05) is 30.3 Å². The highest BCUT2D eigenvalue weighted by Crippen LogP contribution is 2.44. The summed E-state index contributed by atoms with van der Waals surface area (Å²) in [4.78, 5) is 10.7. The molecule has 100 valence electrons. The highest BCUT2D eigenvalue weighted by atomic mass is 31.2. The van der Waals surface area contributed by atoms with Crippen LogP contribution >= 0.6 is 7.75 Å². The van der Waals surface area contributed by atoms with Gasteiger partial charge in [-0.2, -0.15) is 0 Å². The predicted octanol–water partition coefficient (Wildman–Crippen LogP) is 2.02. The van der Waals surface area contributed by atoms with E-state index in [-0.39, 0.29) is 6.61 Å². The van der Waals surface area contributed by atoms with Crippen LogP contribution in [0.15, 0.2) is 30.3 Å². The lowest BCUT2D eigenvalue weighted by atomic mass is 10.2. The number of aliphatic carboxylic acids is 1. The van der Waals surface area contributed by atoms with Gasteiger partial charge in [-0.3, -0.25) is 9.32 Å². The highest BCUT2D eigenvalue weighted by Gasteiger charge is 2.28. The maximum absolute atomic E-state index is 12.1. The van der Waals surface area contributed by atoms with Gasteiger partial charge in [0.1, 0.15) is 6.04 Å². The minimum atomic E-state index is -3.61. The van der Waals surface area contributed by atoms with Crippen molar-refractivity contribution >= 4 is 13.7 Å². The molecule has 1 aromatic carbocycles. The molecular formula is C11H16NO5P. The van der Waals surface area contributed by atoms with E-state index in [4.69, 9.17) is 14.2 Å². The fourth-order valence-corrected chi connectivity index (χ4v) is 2.36. The summed E-state index contributed by atoms with van der Waals surface area (Å²) in [5, 5.41) is 11.1. The second kappa shape index (κ2) is 6.66. The summed E-state index contributed by atoms with van der Waals surface area (Å²) < 4.78 is 21.9. The van der Waals surface area contributed by atoms with Gasteiger partial charge in [-0.05, 0) is 12.5 Å². The molecule has 0 aliphatic heterocycles. The van der Waals surface area contributed by atoms with Crippen molar-refractivity contribution in [2.75, 3.05) is 7.11 Å². The van der Waals surface area contributed by atoms with E-state index in [1.807, 2.05) is 18.2 Å². The fraction of sp³-hybridized carbons (Fsp3) is 0.364. The molecule has 0 aromatic heterocycles. The molecule has 0 fully saturated rings. The van der Waals surface area contributed by atoms with E-state index in [0.717, 1.165) is 5.56 Å². The lowest BCUT2D eigenvalue weighted by Crippen LogP contribution is -2.32. The van der Waals surface area contributed by atoms with Crippen LogP contribution in [-0.2, 0) is 25.0 Å². The smallest absolute Gasteiger partial charge is 0.406 e. The second-order valence-corrected chi connectivity index (χ2v) is 5.50. The molecule has 0 saturated heterocycles. The standard InChI is InChI=1S/C11H16NO5P/c1-9(11(13)14)12-18(15,16-2)17-8-10-6-4-3-5-7-10/h3-7,9H,8H2,1-2H3,(H,12,15)(H,13,14)/t9-,18?/m0/s1. The molecule has 18 heavy (non-hydrogen) atoms. The van der Waals surface area contributed by atoms with E-state index in [1.54, 1.807) is 12.1 Å². The van der Waals surface area contributed by atoms with E-state index < -0.39 is 19.8 Å². The molecule has 0 aliphatic rings. The number of benzene rings is 1. The first-order chi connectivity index (χ1) is 8.47. The largest absolute Gasteiger partial charge is 0.480 e. The number of nitrogens with one attached hydrogen (secondary N) is 1. The number of carboxylic acid groups (broad SMARTS) is 1. The Hall–Kier alpha value is -1.20. The Morgan fingerprint density at radius 2 is 2.06 bits per heavy atom. The summed E-state index contributed by atoms with van der Waals surface area (Å²) >= 11 is 0. The zero-order valence-electron chi connectivity index (χ0n) is 10.2. The first-order valence-corrected chi connectivity index (χ1v) is 6.86. The average molecular weight is 273 g/mol. The first kappa shape index (κ1) is 14.9. The van der Waals surface area contributed by atoms with Crippen molar-refractivity contribution in [1.82, 2.24) is 5.09 Å². The normalized spacial score (nSPS) is 15.9. The van der Waals surface area contributed by atoms with Gasteiger partial charge >= 0.3 is 13.7 Å².